The molecule has 0 amide bonds. The standard InChI is InChI=1S/C47H31N5/c1-4-16-32(17-5-1)44-43-39-26-10-12-28-41(39)51(37-22-6-2-7-23-37)47(43)50-45(49-44)35-20-14-18-33(30-35)34-19-15-21-36(31-34)46-48-40-27-11-13-29-42(40)52(46)38-24-8-3-9-25-38/h1-31H. The highest BCUT2D eigenvalue weighted by Crippen LogP contribution is 2.39. The second kappa shape index (κ2) is 12.3. The van der Waals surface area contributed by atoms with Gasteiger partial charge in [-0.15, -0.1) is 0 Å². The molecule has 0 unspecified atom stereocenters. The monoisotopic (exact) mass is 665 g/mol. The summed E-state index contributed by atoms with van der Waals surface area (Å²) in [5, 5.41) is 2.17. The summed E-state index contributed by atoms with van der Waals surface area (Å²) in [6.45, 7) is 0. The minimum atomic E-state index is 0.676. The Hall–Kier alpha value is -7.11. The first-order valence-electron chi connectivity index (χ1n) is 17.5. The molecule has 10 rings (SSSR count). The highest BCUT2D eigenvalue weighted by molar-refractivity contribution is 6.14. The fourth-order valence-corrected chi connectivity index (χ4v) is 7.36. The van der Waals surface area contributed by atoms with Gasteiger partial charge in [0.05, 0.1) is 27.6 Å². The van der Waals surface area contributed by atoms with Gasteiger partial charge in [0.2, 0.25) is 0 Å². The van der Waals surface area contributed by atoms with Crippen LogP contribution in [0.2, 0.25) is 0 Å². The minimum Gasteiger partial charge on any atom is -0.294 e. The van der Waals surface area contributed by atoms with Crippen molar-refractivity contribution in [3.05, 3.63) is 188 Å². The van der Waals surface area contributed by atoms with E-state index < -0.39 is 0 Å². The zero-order valence-electron chi connectivity index (χ0n) is 28.1. The molecule has 7 aromatic carbocycles. The molecule has 10 aromatic rings. The van der Waals surface area contributed by atoms with Crippen LogP contribution >= 0.6 is 0 Å². The van der Waals surface area contributed by atoms with E-state index >= 15 is 0 Å². The third-order valence-electron chi connectivity index (χ3n) is 9.73. The zero-order chi connectivity index (χ0) is 34.4. The summed E-state index contributed by atoms with van der Waals surface area (Å²) in [5.41, 5.74) is 12.3. The molecule has 3 aromatic heterocycles. The molecule has 3 heterocycles. The molecule has 0 radical (unpaired) electrons. The second-order valence-electron chi connectivity index (χ2n) is 12.9. The number of aromatic nitrogens is 5. The Morgan fingerprint density at radius 1 is 0.365 bits per heavy atom. The lowest BCUT2D eigenvalue weighted by atomic mass is 10.00. The molecule has 0 aliphatic rings. The van der Waals surface area contributed by atoms with E-state index in [1.807, 2.05) is 24.3 Å². The topological polar surface area (TPSA) is 48.5 Å². The summed E-state index contributed by atoms with van der Waals surface area (Å²) in [6.07, 6.45) is 0. The Morgan fingerprint density at radius 3 is 1.63 bits per heavy atom. The van der Waals surface area contributed by atoms with Gasteiger partial charge in [-0.1, -0.05) is 133 Å². The number of hydrogen-bond acceptors (Lipinski definition) is 3. The Kier molecular flexibility index (Phi) is 7.07. The molecule has 0 aliphatic carbocycles. The van der Waals surface area contributed by atoms with Crippen molar-refractivity contribution in [3.8, 4) is 56.5 Å². The van der Waals surface area contributed by atoms with E-state index in [-0.39, 0.29) is 0 Å². The van der Waals surface area contributed by atoms with Crippen LogP contribution in [0.15, 0.2) is 188 Å². The van der Waals surface area contributed by atoms with E-state index in [0.717, 1.165) is 83.7 Å². The number of nitrogens with zero attached hydrogens (tertiary/aromatic N) is 5. The Labute approximate surface area is 300 Å². The molecule has 0 atom stereocenters. The zero-order valence-corrected chi connectivity index (χ0v) is 28.1. The SMILES string of the molecule is c1ccc(-c2nc(-c3cccc(-c4cccc(-c5nc6ccccc6n5-c5ccccc5)c4)c3)nc3c2c2ccccc2n3-c2ccccc2)cc1. The molecule has 244 valence electrons. The van der Waals surface area contributed by atoms with Gasteiger partial charge in [-0.25, -0.2) is 15.0 Å². The van der Waals surface area contributed by atoms with Crippen LogP contribution in [0.5, 0.6) is 0 Å². The molecule has 0 spiro atoms. The van der Waals surface area contributed by atoms with Crippen molar-refractivity contribution < 1.29 is 0 Å². The van der Waals surface area contributed by atoms with Gasteiger partial charge < -0.3 is 0 Å². The molecule has 5 heteroatoms. The Bertz CT molecular complexity index is 2890. The lowest BCUT2D eigenvalue weighted by Crippen LogP contribution is -1.99. The van der Waals surface area contributed by atoms with Gasteiger partial charge in [0.15, 0.2) is 5.82 Å². The number of imidazole rings is 1. The largest absolute Gasteiger partial charge is 0.294 e. The third kappa shape index (κ3) is 4.98. The van der Waals surface area contributed by atoms with E-state index in [1.165, 1.54) is 0 Å². The van der Waals surface area contributed by atoms with Gasteiger partial charge in [-0.2, -0.15) is 0 Å². The molecule has 52 heavy (non-hydrogen) atoms. The van der Waals surface area contributed by atoms with E-state index in [1.54, 1.807) is 0 Å². The molecule has 5 nitrogen and oxygen atoms in total. The van der Waals surface area contributed by atoms with Crippen LogP contribution < -0.4 is 0 Å². The molecule has 0 aliphatic heterocycles. The molecule has 0 N–H and O–H groups in total. The van der Waals surface area contributed by atoms with E-state index in [0.29, 0.717) is 5.82 Å². The maximum atomic E-state index is 5.35. The van der Waals surface area contributed by atoms with Crippen LogP contribution in [-0.2, 0) is 0 Å². The first-order valence-corrected chi connectivity index (χ1v) is 17.5. The summed E-state index contributed by atoms with van der Waals surface area (Å²) in [5.74, 6) is 1.58. The summed E-state index contributed by atoms with van der Waals surface area (Å²) in [6, 6.07) is 65.3. The van der Waals surface area contributed by atoms with Crippen molar-refractivity contribution in [1.82, 2.24) is 24.1 Å². The first-order chi connectivity index (χ1) is 25.8. The normalized spacial score (nSPS) is 11.5. The van der Waals surface area contributed by atoms with Crippen LogP contribution in [0.25, 0.3) is 89.5 Å². The van der Waals surface area contributed by atoms with Crippen molar-refractivity contribution in [2.75, 3.05) is 0 Å². The number of para-hydroxylation sites is 5. The van der Waals surface area contributed by atoms with E-state index in [4.69, 9.17) is 15.0 Å². The van der Waals surface area contributed by atoms with Crippen LogP contribution in [0, 0.1) is 0 Å². The quantitative estimate of drug-likeness (QED) is 0.178. The molecule has 0 saturated carbocycles. The van der Waals surface area contributed by atoms with Gasteiger partial charge in [-0.05, 0) is 65.7 Å². The summed E-state index contributed by atoms with van der Waals surface area (Å²) in [4.78, 5) is 15.8. The van der Waals surface area contributed by atoms with Gasteiger partial charge in [0.25, 0.3) is 0 Å². The fourth-order valence-electron chi connectivity index (χ4n) is 7.36. The number of benzene rings is 7. The molecule has 0 bridgehead atoms. The van der Waals surface area contributed by atoms with Gasteiger partial charge in [0, 0.05) is 33.5 Å². The number of fused-ring (bicyclic) bond motifs is 4. The highest BCUT2D eigenvalue weighted by Gasteiger charge is 2.21. The lowest BCUT2D eigenvalue weighted by molar-refractivity contribution is 1.10. The number of rotatable bonds is 6. The van der Waals surface area contributed by atoms with Crippen molar-refractivity contribution in [1.29, 1.82) is 0 Å². The van der Waals surface area contributed by atoms with Crippen molar-refractivity contribution in [2.45, 2.75) is 0 Å². The second-order valence-corrected chi connectivity index (χ2v) is 12.9. The maximum Gasteiger partial charge on any atom is 0.162 e. The van der Waals surface area contributed by atoms with Crippen LogP contribution in [0.3, 0.4) is 0 Å². The summed E-state index contributed by atoms with van der Waals surface area (Å²) >= 11 is 0. The van der Waals surface area contributed by atoms with Gasteiger partial charge in [0.1, 0.15) is 11.5 Å². The molecular weight excluding hydrogens is 635 g/mol. The van der Waals surface area contributed by atoms with Crippen LogP contribution in [0.1, 0.15) is 0 Å². The molecule has 0 fully saturated rings. The van der Waals surface area contributed by atoms with E-state index in [9.17, 15) is 0 Å². The smallest absolute Gasteiger partial charge is 0.162 e. The maximum absolute atomic E-state index is 5.35. The average Bonchev–Trinajstić information content (AvgIpc) is 3.78. The predicted octanol–water partition coefficient (Wildman–Crippen LogP) is 11.6. The fraction of sp³-hybridized carbons (Fsp3) is 0. The van der Waals surface area contributed by atoms with Crippen LogP contribution in [-0.4, -0.2) is 24.1 Å². The minimum absolute atomic E-state index is 0.676. The summed E-state index contributed by atoms with van der Waals surface area (Å²) in [7, 11) is 0. The molecular formula is C47H31N5. The summed E-state index contributed by atoms with van der Waals surface area (Å²) < 4.78 is 4.50. The van der Waals surface area contributed by atoms with Crippen molar-refractivity contribution >= 4 is 33.0 Å². The van der Waals surface area contributed by atoms with Crippen LogP contribution in [0.4, 0.5) is 0 Å². The highest BCUT2D eigenvalue weighted by atomic mass is 15.1. The third-order valence-corrected chi connectivity index (χ3v) is 9.73. The number of hydrogen-bond donors (Lipinski definition) is 0. The Morgan fingerprint density at radius 2 is 0.904 bits per heavy atom. The Balaban J connectivity index is 1.15. The molecule has 0 saturated heterocycles. The van der Waals surface area contributed by atoms with Gasteiger partial charge in [-0.3, -0.25) is 9.13 Å². The first kappa shape index (κ1) is 29.8. The van der Waals surface area contributed by atoms with Gasteiger partial charge >= 0.3 is 0 Å². The van der Waals surface area contributed by atoms with Crippen molar-refractivity contribution in [2.24, 2.45) is 0 Å². The van der Waals surface area contributed by atoms with E-state index in [2.05, 4.69) is 173 Å². The van der Waals surface area contributed by atoms with Crippen molar-refractivity contribution in [3.63, 3.8) is 0 Å². The predicted molar refractivity (Wildman–Crippen MR) is 213 cm³/mol. The average molecular weight is 666 g/mol. The lowest BCUT2D eigenvalue weighted by Gasteiger charge is -2.12.